The van der Waals surface area contributed by atoms with Gasteiger partial charge in [0, 0.05) is 13.8 Å². The van der Waals surface area contributed by atoms with E-state index in [1.54, 1.807) is 0 Å². The van der Waals surface area contributed by atoms with Gasteiger partial charge in [0.25, 0.3) is 0 Å². The number of rotatable bonds is 1. The van der Waals surface area contributed by atoms with Crippen LogP contribution in [0.4, 0.5) is 0 Å². The van der Waals surface area contributed by atoms with E-state index < -0.39 is 0 Å². The second-order valence-corrected chi connectivity index (χ2v) is 1.47. The van der Waals surface area contributed by atoms with E-state index in [0.29, 0.717) is 0 Å². The molecule has 0 aliphatic rings. The van der Waals surface area contributed by atoms with Crippen molar-refractivity contribution in [3.63, 3.8) is 0 Å². The predicted molar refractivity (Wildman–Crippen MR) is 39.7 cm³/mol. The van der Waals surface area contributed by atoms with E-state index in [0.717, 1.165) is 6.26 Å². The van der Waals surface area contributed by atoms with Crippen LogP contribution < -0.4 is 0 Å². The average Bonchev–Trinajstić information content (AvgIpc) is 1.89. The Morgan fingerprint density at radius 1 is 1.27 bits per heavy atom. The van der Waals surface area contributed by atoms with Crippen LogP contribution in [0.25, 0.3) is 0 Å². The molecule has 0 rings (SSSR count). The Hall–Kier alpha value is -1.32. The predicted octanol–water partition coefficient (Wildman–Crippen LogP) is 0.872. The van der Waals surface area contributed by atoms with Gasteiger partial charge in [0.1, 0.15) is 0 Å². The van der Waals surface area contributed by atoms with Crippen molar-refractivity contribution >= 4 is 11.9 Å². The van der Waals surface area contributed by atoms with Gasteiger partial charge in [0.2, 0.25) is 0 Å². The molecule has 0 heterocycles. The van der Waals surface area contributed by atoms with Crippen LogP contribution in [0.2, 0.25) is 0 Å². The lowest BCUT2D eigenvalue weighted by Gasteiger charge is -1.83. The Labute approximate surface area is 65.8 Å². The first kappa shape index (κ1) is 12.4. The number of ether oxygens (including phenoxy) is 2. The molecule has 0 bridgehead atoms. The van der Waals surface area contributed by atoms with Crippen molar-refractivity contribution in [1.29, 1.82) is 0 Å². The largest absolute Gasteiger partial charge is 0.469 e. The molecule has 0 aliphatic heterocycles. The summed E-state index contributed by atoms with van der Waals surface area (Å²) >= 11 is 0. The average molecular weight is 160 g/mol. The third-order valence-corrected chi connectivity index (χ3v) is 0.537. The van der Waals surface area contributed by atoms with Crippen LogP contribution >= 0.6 is 0 Å². The van der Waals surface area contributed by atoms with Crippen LogP contribution in [0.5, 0.6) is 0 Å². The summed E-state index contributed by atoms with van der Waals surface area (Å²) < 4.78 is 8.28. The Morgan fingerprint density at radius 3 is 1.64 bits per heavy atom. The first-order valence-electron chi connectivity index (χ1n) is 2.87. The van der Waals surface area contributed by atoms with Crippen LogP contribution in [0.1, 0.15) is 13.8 Å². The topological polar surface area (TPSA) is 52.6 Å². The van der Waals surface area contributed by atoms with Gasteiger partial charge < -0.3 is 9.47 Å². The molecule has 0 aromatic rings. The number of carbonyl (C=O) groups is 2. The number of hydrogen-bond acceptors (Lipinski definition) is 4. The fraction of sp³-hybridized carbons (Fsp3) is 0.429. The van der Waals surface area contributed by atoms with Crippen LogP contribution in [0, 0.1) is 0 Å². The molecule has 11 heavy (non-hydrogen) atoms. The quantitative estimate of drug-likeness (QED) is 0.422. The first-order valence-corrected chi connectivity index (χ1v) is 2.87. The van der Waals surface area contributed by atoms with Gasteiger partial charge in [-0.05, 0) is 0 Å². The molecule has 0 N–H and O–H groups in total. The van der Waals surface area contributed by atoms with Crippen LogP contribution in [0.3, 0.4) is 0 Å². The van der Waals surface area contributed by atoms with Gasteiger partial charge in [0.05, 0.1) is 13.4 Å². The molecular formula is C7H12O4. The van der Waals surface area contributed by atoms with Gasteiger partial charge in [-0.2, -0.15) is 0 Å². The van der Waals surface area contributed by atoms with E-state index in [1.807, 2.05) is 0 Å². The molecule has 0 unspecified atom stereocenters. The molecule has 0 fully saturated rings. The highest BCUT2D eigenvalue weighted by atomic mass is 16.5. The summed E-state index contributed by atoms with van der Waals surface area (Å²) in [4.78, 5) is 19.3. The summed E-state index contributed by atoms with van der Waals surface area (Å²) in [7, 11) is 1.35. The fourth-order valence-electron chi connectivity index (χ4n) is 0.117. The van der Waals surface area contributed by atoms with Crippen LogP contribution in [0.15, 0.2) is 12.8 Å². The Balaban J connectivity index is 0. The SMILES string of the molecule is C=COC(C)=O.COC(C)=O. The molecule has 0 aromatic carbocycles. The standard InChI is InChI=1S/C4H6O2.C3H6O2/c1-3-6-4(2)5;1-3(4)5-2/h3H,1H2,2H3;1-2H3. The maximum Gasteiger partial charge on any atom is 0.307 e. The highest BCUT2D eigenvalue weighted by molar-refractivity contribution is 5.66. The highest BCUT2D eigenvalue weighted by Crippen LogP contribution is 1.70. The molecule has 4 heteroatoms. The van der Waals surface area contributed by atoms with Crippen molar-refractivity contribution in [3.8, 4) is 0 Å². The van der Waals surface area contributed by atoms with E-state index in [9.17, 15) is 9.59 Å². The molecule has 0 saturated carbocycles. The lowest BCUT2D eigenvalue weighted by molar-refractivity contribution is -0.138. The summed E-state index contributed by atoms with van der Waals surface area (Å²) in [6.07, 6.45) is 1.10. The minimum Gasteiger partial charge on any atom is -0.469 e. The second kappa shape index (κ2) is 8.68. The van der Waals surface area contributed by atoms with Crippen molar-refractivity contribution in [2.24, 2.45) is 0 Å². The number of esters is 2. The molecule has 0 aromatic heterocycles. The van der Waals surface area contributed by atoms with Gasteiger partial charge in [0.15, 0.2) is 0 Å². The van der Waals surface area contributed by atoms with E-state index >= 15 is 0 Å². The summed E-state index contributed by atoms with van der Waals surface area (Å²) in [5, 5.41) is 0. The van der Waals surface area contributed by atoms with Gasteiger partial charge in [-0.3, -0.25) is 9.59 Å². The normalized spacial score (nSPS) is 6.82. The zero-order valence-electron chi connectivity index (χ0n) is 6.92. The van der Waals surface area contributed by atoms with Crippen molar-refractivity contribution in [3.05, 3.63) is 12.8 Å². The molecule has 0 aliphatic carbocycles. The van der Waals surface area contributed by atoms with Crippen molar-refractivity contribution in [2.45, 2.75) is 13.8 Å². The fourth-order valence-corrected chi connectivity index (χ4v) is 0.117. The Kier molecular flexibility index (Phi) is 9.76. The molecule has 0 saturated heterocycles. The lowest BCUT2D eigenvalue weighted by Crippen LogP contribution is -1.88. The third-order valence-electron chi connectivity index (χ3n) is 0.537. The smallest absolute Gasteiger partial charge is 0.307 e. The second-order valence-electron chi connectivity index (χ2n) is 1.47. The number of methoxy groups -OCH3 is 1. The van der Waals surface area contributed by atoms with Gasteiger partial charge >= 0.3 is 11.9 Å². The number of hydrogen-bond donors (Lipinski definition) is 0. The van der Waals surface area contributed by atoms with E-state index in [1.165, 1.54) is 21.0 Å². The van der Waals surface area contributed by atoms with Crippen molar-refractivity contribution < 1.29 is 19.1 Å². The molecule has 4 nitrogen and oxygen atoms in total. The Bertz CT molecular complexity index is 139. The maximum absolute atomic E-state index is 9.75. The maximum atomic E-state index is 9.75. The summed E-state index contributed by atoms with van der Waals surface area (Å²) in [5.74, 6) is -0.574. The van der Waals surface area contributed by atoms with Crippen LogP contribution in [-0.2, 0) is 19.1 Å². The molecular weight excluding hydrogens is 148 g/mol. The van der Waals surface area contributed by atoms with Gasteiger partial charge in [-0.1, -0.05) is 6.58 Å². The number of carbonyl (C=O) groups excluding carboxylic acids is 2. The van der Waals surface area contributed by atoms with Crippen molar-refractivity contribution in [1.82, 2.24) is 0 Å². The zero-order chi connectivity index (χ0) is 9.28. The minimum atomic E-state index is -0.329. The molecule has 64 valence electrons. The van der Waals surface area contributed by atoms with E-state index in [4.69, 9.17) is 0 Å². The molecule has 0 atom stereocenters. The monoisotopic (exact) mass is 160 g/mol. The molecule has 0 spiro atoms. The zero-order valence-corrected chi connectivity index (χ0v) is 6.92. The van der Waals surface area contributed by atoms with E-state index in [-0.39, 0.29) is 11.9 Å². The molecule has 0 radical (unpaired) electrons. The highest BCUT2D eigenvalue weighted by Gasteiger charge is 1.79. The van der Waals surface area contributed by atoms with Crippen molar-refractivity contribution in [2.75, 3.05) is 7.11 Å². The summed E-state index contributed by atoms with van der Waals surface area (Å²) in [5.41, 5.74) is 0. The third kappa shape index (κ3) is 28.6. The summed E-state index contributed by atoms with van der Waals surface area (Å²) in [6, 6.07) is 0. The first-order chi connectivity index (χ1) is 5.04. The van der Waals surface area contributed by atoms with Gasteiger partial charge in [-0.25, -0.2) is 0 Å². The molecule has 0 amide bonds. The summed E-state index contributed by atoms with van der Waals surface area (Å²) in [6.45, 7) is 5.84. The minimum absolute atomic E-state index is 0.245. The van der Waals surface area contributed by atoms with Gasteiger partial charge in [-0.15, -0.1) is 0 Å². The Morgan fingerprint density at radius 2 is 1.64 bits per heavy atom. The van der Waals surface area contributed by atoms with E-state index in [2.05, 4.69) is 16.1 Å². The van der Waals surface area contributed by atoms with Crippen LogP contribution in [-0.4, -0.2) is 19.0 Å². The lowest BCUT2D eigenvalue weighted by atomic mass is 10.8.